The molecule has 4 aromatic heterocycles. The Labute approximate surface area is 252 Å². The summed E-state index contributed by atoms with van der Waals surface area (Å²) >= 11 is 4.49. The number of rotatable bonds is 3. The van der Waals surface area contributed by atoms with E-state index >= 15 is 4.39 Å². The van der Waals surface area contributed by atoms with Crippen molar-refractivity contribution in [2.24, 2.45) is 0 Å². The van der Waals surface area contributed by atoms with Crippen LogP contribution < -0.4 is 17.0 Å². The van der Waals surface area contributed by atoms with Crippen molar-refractivity contribution < 1.29 is 41.3 Å². The summed E-state index contributed by atoms with van der Waals surface area (Å²) in [4.78, 5) is 35.3. The SMILES string of the molecule is COC1C2CO[P+](=O)OC3C(CO[P@@](S)OC1C(n1cnc4c(=O)[nH]c(N)nc41)O2)OC(n1cnc2c(N)ncnc21)C3F. The van der Waals surface area contributed by atoms with E-state index < -0.39 is 70.5 Å². The summed E-state index contributed by atoms with van der Waals surface area (Å²) < 4.78 is 72.6. The van der Waals surface area contributed by atoms with Gasteiger partial charge in [0, 0.05) is 11.7 Å². The van der Waals surface area contributed by atoms with Gasteiger partial charge in [-0.1, -0.05) is 12.2 Å². The second kappa shape index (κ2) is 11.8. The van der Waals surface area contributed by atoms with E-state index in [2.05, 4.69) is 42.2 Å². The van der Waals surface area contributed by atoms with Crippen LogP contribution in [0.2, 0.25) is 0 Å². The van der Waals surface area contributed by atoms with Crippen molar-refractivity contribution in [3.05, 3.63) is 29.3 Å². The maximum absolute atomic E-state index is 15.9. The van der Waals surface area contributed by atoms with Crippen molar-refractivity contribution in [1.29, 1.82) is 0 Å². The van der Waals surface area contributed by atoms with Crippen molar-refractivity contribution in [1.82, 2.24) is 39.0 Å². The van der Waals surface area contributed by atoms with Crippen LogP contribution in [0.15, 0.2) is 23.8 Å². The number of ether oxygens (including phenoxy) is 3. The van der Waals surface area contributed by atoms with Gasteiger partial charge in [-0.05, 0) is 0 Å². The average molecular weight is 673 g/mol. The Hall–Kier alpha value is -2.97. The second-order valence-corrected chi connectivity index (χ2v) is 12.7. The first-order valence-corrected chi connectivity index (χ1v) is 16.3. The highest BCUT2D eigenvalue weighted by molar-refractivity contribution is 8.41. The van der Waals surface area contributed by atoms with Crippen molar-refractivity contribution in [3.63, 3.8) is 0 Å². The molecule has 3 aliphatic rings. The molecule has 0 amide bonds. The largest absolute Gasteiger partial charge is 0.697 e. The van der Waals surface area contributed by atoms with Gasteiger partial charge in [-0.25, -0.2) is 24.3 Å². The number of alkyl halides is 1. The molecule has 3 fully saturated rings. The molecule has 2 bridgehead atoms. The number of halogens is 1. The summed E-state index contributed by atoms with van der Waals surface area (Å²) in [5, 5.41) is 0. The Balaban J connectivity index is 1.17. The minimum absolute atomic E-state index is 0.0186. The van der Waals surface area contributed by atoms with Crippen LogP contribution >= 0.6 is 28.1 Å². The van der Waals surface area contributed by atoms with Crippen molar-refractivity contribution in [2.45, 2.75) is 49.1 Å². The summed E-state index contributed by atoms with van der Waals surface area (Å²) in [5.41, 5.74) is 11.7. The van der Waals surface area contributed by atoms with Gasteiger partial charge in [-0.3, -0.25) is 18.9 Å². The van der Waals surface area contributed by atoms with E-state index in [0.29, 0.717) is 0 Å². The standard InChI is InChI=1S/C21H23FN10O9P2S/c1-35-13-8-2-36-42(34)40-12-7(38-19(9(12)22)31-5-27-10-15(23)25-4-26-16(10)31)3-37-43(44)41-14(13)20(39-8)32-6-28-11-17(32)29-21(24)30-18(11)33/h4-9,12-14,19-20,44H,2-3H2,1H3,(H4-,23,24,25,26,29,30,33)/p+1/t7?,8?,9?,12?,13?,14?,19?,20?,43-/m1/s1. The first-order valence-electron chi connectivity index (χ1n) is 12.9. The van der Waals surface area contributed by atoms with Crippen molar-refractivity contribution >= 4 is 62.2 Å². The van der Waals surface area contributed by atoms with Crippen LogP contribution in [0.25, 0.3) is 22.3 Å². The van der Waals surface area contributed by atoms with E-state index in [4.69, 9.17) is 43.8 Å². The van der Waals surface area contributed by atoms with Gasteiger partial charge < -0.3 is 34.7 Å². The number of nitrogen functional groups attached to an aromatic ring is 2. The highest BCUT2D eigenvalue weighted by Crippen LogP contribution is 2.51. The first kappa shape index (κ1) is 29.7. The van der Waals surface area contributed by atoms with Crippen LogP contribution in [0.1, 0.15) is 12.5 Å². The first-order chi connectivity index (χ1) is 21.2. The molecule has 0 aromatic carbocycles. The summed E-state index contributed by atoms with van der Waals surface area (Å²) in [5.74, 6) is -0.0213. The highest BCUT2D eigenvalue weighted by Gasteiger charge is 2.55. The molecule has 10 atom stereocenters. The third-order valence-electron chi connectivity index (χ3n) is 7.32. The molecule has 7 heterocycles. The zero-order chi connectivity index (χ0) is 30.7. The molecule has 19 nitrogen and oxygen atoms in total. The monoisotopic (exact) mass is 673 g/mol. The molecule has 23 heteroatoms. The van der Waals surface area contributed by atoms with E-state index in [1.54, 1.807) is 0 Å². The molecule has 44 heavy (non-hydrogen) atoms. The molecular weight excluding hydrogens is 649 g/mol. The fourth-order valence-corrected chi connectivity index (χ4v) is 7.44. The Morgan fingerprint density at radius 2 is 1.82 bits per heavy atom. The number of imidazole rings is 2. The molecular formula is C21H24FN10O9P2S+. The summed E-state index contributed by atoms with van der Waals surface area (Å²) in [6.45, 7) is -0.580. The van der Waals surface area contributed by atoms with Crippen LogP contribution in [-0.4, -0.2) is 96.1 Å². The number of thiol groups is 1. The summed E-state index contributed by atoms with van der Waals surface area (Å²) in [6, 6.07) is 0. The molecule has 7 rings (SSSR count). The predicted octanol–water partition coefficient (Wildman–Crippen LogP) is 0.903. The van der Waals surface area contributed by atoms with Crippen LogP contribution in [0.3, 0.4) is 0 Å². The topological polar surface area (TPSA) is 241 Å². The van der Waals surface area contributed by atoms with Gasteiger partial charge >= 0.3 is 8.25 Å². The van der Waals surface area contributed by atoms with E-state index in [9.17, 15) is 9.36 Å². The van der Waals surface area contributed by atoms with Gasteiger partial charge in [0.05, 0.1) is 19.3 Å². The molecule has 0 aliphatic carbocycles. The fourth-order valence-electron chi connectivity index (χ4n) is 5.36. The second-order valence-electron chi connectivity index (χ2n) is 9.83. The molecule has 3 aliphatic heterocycles. The number of hydrogen-bond donors (Lipinski definition) is 4. The van der Waals surface area contributed by atoms with Crippen LogP contribution in [-0.2, 0) is 36.9 Å². The zero-order valence-corrected chi connectivity index (χ0v) is 25.1. The lowest BCUT2D eigenvalue weighted by molar-refractivity contribution is -0.0554. The molecule has 3 saturated heterocycles. The number of nitrogens with two attached hydrogens (primary N) is 2. The summed E-state index contributed by atoms with van der Waals surface area (Å²) in [6.07, 6.45) is -5.29. The van der Waals surface area contributed by atoms with Gasteiger partial charge in [0.25, 0.3) is 5.56 Å². The van der Waals surface area contributed by atoms with Gasteiger partial charge in [-0.2, -0.15) is 4.98 Å². The molecule has 0 radical (unpaired) electrons. The average Bonchev–Trinajstić information content (AvgIpc) is 3.75. The number of anilines is 2. The lowest BCUT2D eigenvalue weighted by Crippen LogP contribution is -2.36. The maximum atomic E-state index is 15.9. The number of aromatic amines is 1. The molecule has 4 aromatic rings. The third-order valence-corrected chi connectivity index (χ3v) is 9.52. The third kappa shape index (κ3) is 5.12. The number of methoxy groups -OCH3 is 1. The molecule has 5 N–H and O–H groups in total. The van der Waals surface area contributed by atoms with E-state index in [1.807, 2.05) is 0 Å². The van der Waals surface area contributed by atoms with Gasteiger partial charge in [0.2, 0.25) is 13.5 Å². The zero-order valence-electron chi connectivity index (χ0n) is 22.4. The number of nitrogens with zero attached hydrogens (tertiary/aromatic N) is 7. The van der Waals surface area contributed by atoms with Gasteiger partial charge in [0.15, 0.2) is 47.4 Å². The van der Waals surface area contributed by atoms with E-state index in [-0.39, 0.29) is 47.3 Å². The maximum Gasteiger partial charge on any atom is 0.697 e. The van der Waals surface area contributed by atoms with Gasteiger partial charge in [0.1, 0.15) is 42.9 Å². The summed E-state index contributed by atoms with van der Waals surface area (Å²) in [7, 11) is -3.45. The fraction of sp³-hybridized carbons (Fsp3) is 0.524. The highest BCUT2D eigenvalue weighted by atomic mass is 32.7. The van der Waals surface area contributed by atoms with Crippen LogP contribution in [0, 0.1) is 0 Å². The molecule has 234 valence electrons. The number of aromatic nitrogens is 8. The molecule has 9 unspecified atom stereocenters. The number of fused-ring (bicyclic) bond motifs is 5. The van der Waals surface area contributed by atoms with Crippen LogP contribution in [0.4, 0.5) is 16.2 Å². The Kier molecular flexibility index (Phi) is 7.94. The Morgan fingerprint density at radius 1 is 1.07 bits per heavy atom. The minimum atomic E-state index is -2.89. The number of hydrogen-bond acceptors (Lipinski definition) is 17. The minimum Gasteiger partial charge on any atom is -0.382 e. The van der Waals surface area contributed by atoms with E-state index in [1.165, 1.54) is 35.2 Å². The Bertz CT molecular complexity index is 1780. The smallest absolute Gasteiger partial charge is 0.382 e. The Morgan fingerprint density at radius 3 is 2.61 bits per heavy atom. The number of H-pyrrole nitrogens is 1. The quantitative estimate of drug-likeness (QED) is 0.174. The lowest BCUT2D eigenvalue weighted by atomic mass is 10.1. The van der Waals surface area contributed by atoms with Gasteiger partial charge in [-0.15, -0.1) is 9.05 Å². The number of nitrogens with one attached hydrogen (secondary N) is 1. The predicted molar refractivity (Wildman–Crippen MR) is 151 cm³/mol. The van der Waals surface area contributed by atoms with Crippen molar-refractivity contribution in [3.8, 4) is 0 Å². The molecule has 0 spiro atoms. The van der Waals surface area contributed by atoms with Crippen molar-refractivity contribution in [2.75, 3.05) is 31.8 Å². The lowest BCUT2D eigenvalue weighted by Gasteiger charge is -2.26. The molecule has 0 saturated carbocycles. The van der Waals surface area contributed by atoms with E-state index in [0.717, 1.165) is 0 Å². The van der Waals surface area contributed by atoms with Crippen LogP contribution in [0.5, 0.6) is 0 Å². The normalized spacial score (nSPS) is 34.1.